The molecule has 0 bridgehead atoms. The Morgan fingerprint density at radius 2 is 1.83 bits per heavy atom. The van der Waals surface area contributed by atoms with E-state index < -0.39 is 15.8 Å². The van der Waals surface area contributed by atoms with E-state index in [2.05, 4.69) is 0 Å². The molecule has 0 radical (unpaired) electrons. The van der Waals surface area contributed by atoms with Crippen molar-refractivity contribution in [2.75, 3.05) is 0 Å². The predicted molar refractivity (Wildman–Crippen MR) is 66.7 cm³/mol. The number of allylic oxidation sites excluding steroid dienone is 2. The summed E-state index contributed by atoms with van der Waals surface area (Å²) < 4.78 is 24.2. The number of nitrogens with zero attached hydrogens (tertiary/aromatic N) is 2. The first-order valence-corrected chi connectivity index (χ1v) is 6.77. The summed E-state index contributed by atoms with van der Waals surface area (Å²) in [5, 5.41) is 17.2. The zero-order chi connectivity index (χ0) is 13.6. The number of rotatable bonds is 4. The lowest BCUT2D eigenvalue weighted by atomic mass is 10.1. The third-order valence-electron chi connectivity index (χ3n) is 2.43. The third-order valence-corrected chi connectivity index (χ3v) is 4.34. The summed E-state index contributed by atoms with van der Waals surface area (Å²) in [6, 6.07) is 11.6. The molecule has 0 saturated carbocycles. The summed E-state index contributed by atoms with van der Waals surface area (Å²) in [6.07, 6.45) is 1.53. The van der Waals surface area contributed by atoms with Gasteiger partial charge in [0.15, 0.2) is 0 Å². The van der Waals surface area contributed by atoms with Gasteiger partial charge in [0.25, 0.3) is 0 Å². The van der Waals surface area contributed by atoms with Gasteiger partial charge < -0.3 is 0 Å². The highest BCUT2D eigenvalue weighted by Crippen LogP contribution is 2.19. The molecule has 92 valence electrons. The lowest BCUT2D eigenvalue weighted by Gasteiger charge is -2.04. The molecule has 0 fully saturated rings. The van der Waals surface area contributed by atoms with Crippen molar-refractivity contribution in [2.24, 2.45) is 5.92 Å². The molecule has 0 unspecified atom stereocenters. The van der Waals surface area contributed by atoms with Gasteiger partial charge in [-0.25, -0.2) is 8.42 Å². The number of hydrogen-bond acceptors (Lipinski definition) is 4. The van der Waals surface area contributed by atoms with Gasteiger partial charge in [-0.3, -0.25) is 0 Å². The first-order chi connectivity index (χ1) is 8.52. The molecule has 0 amide bonds. The van der Waals surface area contributed by atoms with E-state index >= 15 is 0 Å². The molecule has 0 aromatic heterocycles. The van der Waals surface area contributed by atoms with Gasteiger partial charge in [-0.05, 0) is 25.5 Å². The lowest BCUT2D eigenvalue weighted by molar-refractivity contribution is 0.601. The molecule has 1 aromatic rings. The second-order valence-corrected chi connectivity index (χ2v) is 5.80. The van der Waals surface area contributed by atoms with Crippen molar-refractivity contribution in [3.8, 4) is 12.1 Å². The molecule has 1 rings (SSSR count). The summed E-state index contributed by atoms with van der Waals surface area (Å²) in [5.74, 6) is -0.814. The average Bonchev–Trinajstić information content (AvgIpc) is 2.40. The Hall–Kier alpha value is -2.11. The quantitative estimate of drug-likeness (QED) is 0.832. The molecule has 0 spiro atoms. The second-order valence-electron chi connectivity index (χ2n) is 3.68. The SMILES string of the molecule is C/C(=C\CC(C#N)C#N)S(=O)(=O)c1ccccc1. The standard InChI is InChI=1S/C13H12N2O2S/c1-11(7-8-12(9-14)10-15)18(16,17)13-5-3-2-4-6-13/h2-7,12H,8H2,1H3/b11-7+. The monoisotopic (exact) mass is 260 g/mol. The van der Waals surface area contributed by atoms with Gasteiger partial charge >= 0.3 is 0 Å². The van der Waals surface area contributed by atoms with E-state index in [-0.39, 0.29) is 16.2 Å². The molecule has 0 atom stereocenters. The van der Waals surface area contributed by atoms with E-state index in [0.717, 1.165) is 0 Å². The maximum absolute atomic E-state index is 12.1. The molecular formula is C13H12N2O2S. The van der Waals surface area contributed by atoms with Gasteiger partial charge in [-0.15, -0.1) is 0 Å². The zero-order valence-corrected chi connectivity index (χ0v) is 10.7. The van der Waals surface area contributed by atoms with Crippen LogP contribution in [0, 0.1) is 28.6 Å². The molecule has 4 nitrogen and oxygen atoms in total. The smallest absolute Gasteiger partial charge is 0.202 e. The van der Waals surface area contributed by atoms with Crippen LogP contribution in [0.15, 0.2) is 46.2 Å². The number of sulfone groups is 1. The third kappa shape index (κ3) is 3.19. The minimum Gasteiger partial charge on any atom is -0.219 e. The van der Waals surface area contributed by atoms with Gasteiger partial charge in [0.2, 0.25) is 9.84 Å². The summed E-state index contributed by atoms with van der Waals surface area (Å²) in [4.78, 5) is 0.369. The fourth-order valence-corrected chi connectivity index (χ4v) is 2.52. The molecule has 0 aliphatic carbocycles. The summed E-state index contributed by atoms with van der Waals surface area (Å²) >= 11 is 0. The second kappa shape index (κ2) is 6.00. The topological polar surface area (TPSA) is 81.7 Å². The summed E-state index contributed by atoms with van der Waals surface area (Å²) in [6.45, 7) is 1.47. The minimum atomic E-state index is -3.51. The number of hydrogen-bond donors (Lipinski definition) is 0. The van der Waals surface area contributed by atoms with Crippen molar-refractivity contribution in [2.45, 2.75) is 18.2 Å². The van der Waals surface area contributed by atoms with E-state index in [4.69, 9.17) is 10.5 Å². The summed E-state index contributed by atoms with van der Waals surface area (Å²) in [5.41, 5.74) is 0. The Kier molecular flexibility index (Phi) is 4.65. The fourth-order valence-electron chi connectivity index (χ4n) is 1.31. The highest BCUT2D eigenvalue weighted by Gasteiger charge is 2.16. The van der Waals surface area contributed by atoms with Crippen LogP contribution < -0.4 is 0 Å². The van der Waals surface area contributed by atoms with Crippen LogP contribution in [0.1, 0.15) is 13.3 Å². The van der Waals surface area contributed by atoms with Crippen LogP contribution in [0.25, 0.3) is 0 Å². The van der Waals surface area contributed by atoms with Gasteiger partial charge in [0.1, 0.15) is 5.92 Å². The predicted octanol–water partition coefficient (Wildman–Crippen LogP) is 2.42. The van der Waals surface area contributed by atoms with Crippen LogP contribution in [0.4, 0.5) is 0 Å². The molecule has 5 heteroatoms. The van der Waals surface area contributed by atoms with Crippen LogP contribution in [-0.2, 0) is 9.84 Å². The molecule has 0 aliphatic rings. The van der Waals surface area contributed by atoms with E-state index in [1.807, 2.05) is 0 Å². The van der Waals surface area contributed by atoms with Crippen LogP contribution >= 0.6 is 0 Å². The van der Waals surface area contributed by atoms with Crippen LogP contribution in [-0.4, -0.2) is 8.42 Å². The van der Waals surface area contributed by atoms with Gasteiger partial charge in [-0.2, -0.15) is 10.5 Å². The highest BCUT2D eigenvalue weighted by molar-refractivity contribution is 7.95. The van der Waals surface area contributed by atoms with Crippen LogP contribution in [0.2, 0.25) is 0 Å². The largest absolute Gasteiger partial charge is 0.219 e. The Labute approximate surface area is 107 Å². The molecular weight excluding hydrogens is 248 g/mol. The van der Waals surface area contributed by atoms with Crippen molar-refractivity contribution in [1.82, 2.24) is 0 Å². The molecule has 1 aromatic carbocycles. The first kappa shape index (κ1) is 14.0. The van der Waals surface area contributed by atoms with Crippen molar-refractivity contribution < 1.29 is 8.42 Å². The lowest BCUT2D eigenvalue weighted by Crippen LogP contribution is -2.03. The van der Waals surface area contributed by atoms with Gasteiger partial charge in [-0.1, -0.05) is 24.3 Å². The number of benzene rings is 1. The Balaban J connectivity index is 2.98. The van der Waals surface area contributed by atoms with Gasteiger partial charge in [0, 0.05) is 4.91 Å². The average molecular weight is 260 g/mol. The van der Waals surface area contributed by atoms with Gasteiger partial charge in [0.05, 0.1) is 17.0 Å². The molecule has 0 heterocycles. The molecule has 0 saturated heterocycles. The maximum Gasteiger partial charge on any atom is 0.202 e. The fraction of sp³-hybridized carbons (Fsp3) is 0.231. The van der Waals surface area contributed by atoms with Crippen LogP contribution in [0.3, 0.4) is 0 Å². The van der Waals surface area contributed by atoms with E-state index in [1.165, 1.54) is 25.1 Å². The minimum absolute atomic E-state index is 0.116. The first-order valence-electron chi connectivity index (χ1n) is 5.28. The van der Waals surface area contributed by atoms with E-state index in [0.29, 0.717) is 0 Å². The van der Waals surface area contributed by atoms with E-state index in [1.54, 1.807) is 30.3 Å². The number of nitriles is 2. The zero-order valence-electron chi connectivity index (χ0n) is 9.87. The molecule has 0 N–H and O–H groups in total. The van der Waals surface area contributed by atoms with Crippen molar-refractivity contribution in [1.29, 1.82) is 10.5 Å². The van der Waals surface area contributed by atoms with Crippen molar-refractivity contribution in [3.63, 3.8) is 0 Å². The Bertz CT molecular complexity index is 605. The van der Waals surface area contributed by atoms with E-state index in [9.17, 15) is 8.42 Å². The highest BCUT2D eigenvalue weighted by atomic mass is 32.2. The Morgan fingerprint density at radius 1 is 1.28 bits per heavy atom. The maximum atomic E-state index is 12.1. The normalized spacial score (nSPS) is 11.9. The summed E-state index contributed by atoms with van der Waals surface area (Å²) in [7, 11) is -3.51. The van der Waals surface area contributed by atoms with Crippen molar-refractivity contribution >= 4 is 9.84 Å². The molecule has 0 aliphatic heterocycles. The Morgan fingerprint density at radius 3 is 2.33 bits per heavy atom. The van der Waals surface area contributed by atoms with Crippen LogP contribution in [0.5, 0.6) is 0 Å². The van der Waals surface area contributed by atoms with Crippen molar-refractivity contribution in [3.05, 3.63) is 41.3 Å². The molecule has 18 heavy (non-hydrogen) atoms.